The standard InChI is InChI=1S/C9H9ClN2O/c1-3-8(13)12-7-4-6(2)5-11-9(7)10/h3-5H,1H2,2H3,(H,12,13). The fraction of sp³-hybridized carbons (Fsp3) is 0.111. The first-order valence-electron chi connectivity index (χ1n) is 3.69. The number of halogens is 1. The molecule has 0 atom stereocenters. The molecule has 0 bridgehead atoms. The smallest absolute Gasteiger partial charge is 0.247 e. The first-order valence-corrected chi connectivity index (χ1v) is 4.07. The minimum absolute atomic E-state index is 0.279. The van der Waals surface area contributed by atoms with Crippen LogP contribution in [0.5, 0.6) is 0 Å². The first-order chi connectivity index (χ1) is 6.13. The van der Waals surface area contributed by atoms with Gasteiger partial charge in [-0.25, -0.2) is 4.98 Å². The van der Waals surface area contributed by atoms with Gasteiger partial charge in [0.15, 0.2) is 5.15 Å². The molecule has 0 spiro atoms. The van der Waals surface area contributed by atoms with E-state index in [0.717, 1.165) is 5.56 Å². The van der Waals surface area contributed by atoms with Gasteiger partial charge in [-0.15, -0.1) is 0 Å². The highest BCUT2D eigenvalue weighted by Gasteiger charge is 2.03. The molecule has 0 unspecified atom stereocenters. The van der Waals surface area contributed by atoms with Crippen LogP contribution in [0.15, 0.2) is 24.9 Å². The molecule has 0 fully saturated rings. The third-order valence-electron chi connectivity index (χ3n) is 1.42. The number of rotatable bonds is 2. The second kappa shape index (κ2) is 4.05. The molecule has 0 aliphatic heterocycles. The molecule has 1 aromatic rings. The lowest BCUT2D eigenvalue weighted by Gasteiger charge is -2.04. The number of hydrogen-bond acceptors (Lipinski definition) is 2. The minimum Gasteiger partial charge on any atom is -0.320 e. The predicted molar refractivity (Wildman–Crippen MR) is 52.8 cm³/mol. The molecular formula is C9H9ClN2O. The molecule has 3 nitrogen and oxygen atoms in total. The number of anilines is 1. The van der Waals surface area contributed by atoms with Crippen molar-refractivity contribution in [2.45, 2.75) is 6.92 Å². The van der Waals surface area contributed by atoms with Gasteiger partial charge in [-0.1, -0.05) is 18.2 Å². The molecule has 0 saturated heterocycles. The zero-order valence-corrected chi connectivity index (χ0v) is 7.93. The number of pyridine rings is 1. The van der Waals surface area contributed by atoms with Crippen molar-refractivity contribution in [2.24, 2.45) is 0 Å². The highest BCUT2D eigenvalue weighted by Crippen LogP contribution is 2.19. The summed E-state index contributed by atoms with van der Waals surface area (Å²) >= 11 is 5.74. The van der Waals surface area contributed by atoms with Crippen molar-refractivity contribution in [1.29, 1.82) is 0 Å². The topological polar surface area (TPSA) is 42.0 Å². The van der Waals surface area contributed by atoms with Crippen molar-refractivity contribution < 1.29 is 4.79 Å². The number of aryl methyl sites for hydroxylation is 1. The maximum atomic E-state index is 10.9. The fourth-order valence-electron chi connectivity index (χ4n) is 0.824. The normalized spacial score (nSPS) is 9.38. The minimum atomic E-state index is -0.297. The van der Waals surface area contributed by atoms with E-state index >= 15 is 0 Å². The third-order valence-corrected chi connectivity index (χ3v) is 1.72. The maximum Gasteiger partial charge on any atom is 0.247 e. The van der Waals surface area contributed by atoms with Crippen LogP contribution in [-0.4, -0.2) is 10.9 Å². The lowest BCUT2D eigenvalue weighted by molar-refractivity contribution is -0.111. The van der Waals surface area contributed by atoms with Gasteiger partial charge in [0, 0.05) is 6.20 Å². The van der Waals surface area contributed by atoms with Crippen molar-refractivity contribution >= 4 is 23.2 Å². The molecule has 1 amide bonds. The Kier molecular flexibility index (Phi) is 3.03. The molecular weight excluding hydrogens is 188 g/mol. The molecule has 0 aromatic carbocycles. The van der Waals surface area contributed by atoms with Crippen LogP contribution in [0.25, 0.3) is 0 Å². The highest BCUT2D eigenvalue weighted by atomic mass is 35.5. The van der Waals surface area contributed by atoms with Gasteiger partial charge in [0.05, 0.1) is 5.69 Å². The van der Waals surface area contributed by atoms with Crippen molar-refractivity contribution in [3.8, 4) is 0 Å². The Balaban J connectivity index is 2.93. The summed E-state index contributed by atoms with van der Waals surface area (Å²) in [7, 11) is 0. The molecule has 0 aliphatic rings. The number of carbonyl (C=O) groups excluding carboxylic acids is 1. The van der Waals surface area contributed by atoms with Crippen LogP contribution in [0.1, 0.15) is 5.56 Å². The van der Waals surface area contributed by atoms with Crippen LogP contribution in [0.3, 0.4) is 0 Å². The van der Waals surface area contributed by atoms with E-state index < -0.39 is 0 Å². The summed E-state index contributed by atoms with van der Waals surface area (Å²) in [5.74, 6) is -0.297. The molecule has 68 valence electrons. The second-order valence-electron chi connectivity index (χ2n) is 2.54. The second-order valence-corrected chi connectivity index (χ2v) is 2.90. The van der Waals surface area contributed by atoms with Gasteiger partial charge >= 0.3 is 0 Å². The quantitative estimate of drug-likeness (QED) is 0.582. The van der Waals surface area contributed by atoms with E-state index in [0.29, 0.717) is 5.69 Å². The van der Waals surface area contributed by atoms with E-state index in [2.05, 4.69) is 16.9 Å². The van der Waals surface area contributed by atoms with Gasteiger partial charge in [0.1, 0.15) is 0 Å². The van der Waals surface area contributed by atoms with E-state index in [1.807, 2.05) is 6.92 Å². The van der Waals surface area contributed by atoms with Crippen LogP contribution in [0, 0.1) is 6.92 Å². The van der Waals surface area contributed by atoms with Gasteiger partial charge in [0.2, 0.25) is 5.91 Å². The van der Waals surface area contributed by atoms with Gasteiger partial charge < -0.3 is 5.32 Å². The average Bonchev–Trinajstić information content (AvgIpc) is 2.11. The van der Waals surface area contributed by atoms with E-state index in [4.69, 9.17) is 11.6 Å². The van der Waals surface area contributed by atoms with Crippen LogP contribution in [0.2, 0.25) is 5.15 Å². The maximum absolute atomic E-state index is 10.9. The summed E-state index contributed by atoms with van der Waals surface area (Å²) in [6.45, 7) is 5.20. The number of nitrogens with one attached hydrogen (secondary N) is 1. The van der Waals surface area contributed by atoms with E-state index in [9.17, 15) is 4.79 Å². The van der Waals surface area contributed by atoms with E-state index in [1.165, 1.54) is 6.08 Å². The molecule has 0 saturated carbocycles. The lowest BCUT2D eigenvalue weighted by atomic mass is 10.3. The SMILES string of the molecule is C=CC(=O)Nc1cc(C)cnc1Cl. The summed E-state index contributed by atoms with van der Waals surface area (Å²) in [6, 6.07) is 1.75. The third kappa shape index (κ3) is 2.56. The number of aromatic nitrogens is 1. The number of amides is 1. The summed E-state index contributed by atoms with van der Waals surface area (Å²) < 4.78 is 0. The average molecular weight is 197 g/mol. The van der Waals surface area contributed by atoms with Crippen molar-refractivity contribution in [3.05, 3.63) is 35.6 Å². The van der Waals surface area contributed by atoms with E-state index in [-0.39, 0.29) is 11.1 Å². The Morgan fingerprint density at radius 2 is 2.46 bits per heavy atom. The lowest BCUT2D eigenvalue weighted by Crippen LogP contribution is -2.08. The Morgan fingerprint density at radius 3 is 3.08 bits per heavy atom. The van der Waals surface area contributed by atoms with Crippen LogP contribution < -0.4 is 5.32 Å². The summed E-state index contributed by atoms with van der Waals surface area (Å²) in [4.78, 5) is 14.8. The molecule has 13 heavy (non-hydrogen) atoms. The van der Waals surface area contributed by atoms with Gasteiger partial charge in [-0.3, -0.25) is 4.79 Å². The van der Waals surface area contributed by atoms with E-state index in [1.54, 1.807) is 12.3 Å². The van der Waals surface area contributed by atoms with Gasteiger partial charge in [0.25, 0.3) is 0 Å². The van der Waals surface area contributed by atoms with Crippen LogP contribution in [-0.2, 0) is 4.79 Å². The zero-order valence-electron chi connectivity index (χ0n) is 7.17. The molecule has 4 heteroatoms. The number of nitrogens with zero attached hydrogens (tertiary/aromatic N) is 1. The largest absolute Gasteiger partial charge is 0.320 e. The Bertz CT molecular complexity index is 349. The van der Waals surface area contributed by atoms with Gasteiger partial charge in [-0.05, 0) is 24.6 Å². The fourth-order valence-corrected chi connectivity index (χ4v) is 0.975. The highest BCUT2D eigenvalue weighted by molar-refractivity contribution is 6.32. The Morgan fingerprint density at radius 1 is 1.77 bits per heavy atom. The molecule has 1 rings (SSSR count). The van der Waals surface area contributed by atoms with Crippen molar-refractivity contribution in [1.82, 2.24) is 4.98 Å². The van der Waals surface area contributed by atoms with Crippen molar-refractivity contribution in [2.75, 3.05) is 5.32 Å². The Labute approximate surface area is 81.4 Å². The summed E-state index contributed by atoms with van der Waals surface area (Å²) in [6.07, 6.45) is 2.81. The van der Waals surface area contributed by atoms with Gasteiger partial charge in [-0.2, -0.15) is 0 Å². The molecule has 0 radical (unpaired) electrons. The molecule has 1 aromatic heterocycles. The van der Waals surface area contributed by atoms with Crippen LogP contribution >= 0.6 is 11.6 Å². The first kappa shape index (κ1) is 9.74. The zero-order chi connectivity index (χ0) is 9.84. The molecule has 0 aliphatic carbocycles. The molecule has 1 N–H and O–H groups in total. The van der Waals surface area contributed by atoms with Crippen molar-refractivity contribution in [3.63, 3.8) is 0 Å². The Hall–Kier alpha value is -1.35. The molecule has 1 heterocycles. The number of carbonyl (C=O) groups is 1. The predicted octanol–water partition coefficient (Wildman–Crippen LogP) is 2.17. The monoisotopic (exact) mass is 196 g/mol. The summed E-state index contributed by atoms with van der Waals surface area (Å²) in [5, 5.41) is 2.83. The number of hydrogen-bond donors (Lipinski definition) is 1. The van der Waals surface area contributed by atoms with Crippen LogP contribution in [0.4, 0.5) is 5.69 Å². The summed E-state index contributed by atoms with van der Waals surface area (Å²) in [5.41, 5.74) is 1.44.